The maximum atomic E-state index is 13.7. The molecule has 11 nitrogen and oxygen atoms in total. The normalized spacial score (nSPS) is 16.3. The molecule has 4 rings (SSSR count). The maximum Gasteiger partial charge on any atom is 0.342 e. The van der Waals surface area contributed by atoms with E-state index in [9.17, 15) is 24.6 Å². The zero-order valence-electron chi connectivity index (χ0n) is 27.2. The number of esters is 1. The second-order valence-corrected chi connectivity index (χ2v) is 11.4. The highest BCUT2D eigenvalue weighted by Crippen LogP contribution is 2.47. The fraction of sp³-hybridized carbons (Fsp3) is 0.389. The Hall–Kier alpha value is -5.06. The van der Waals surface area contributed by atoms with E-state index in [4.69, 9.17) is 18.9 Å². The van der Waals surface area contributed by atoms with Crippen LogP contribution in [0, 0.1) is 0 Å². The maximum absolute atomic E-state index is 13.7. The molecule has 1 aliphatic rings. The standard InChI is InChI=1S/C36H42N2O9/c1-22-11-10-15-26(39)14-7-5-6-12-23-17-28(40)33(34(42)32(23)36(43)47-22)27(20-31(41)38-21-25-13-8-9-16-37-25)24-18-29(44-2)35(46-4)30(19-24)45-3/h6,8-9,12-13,16-19,22,27,40,42H,5,7,10-11,14-15,20-21H2,1-4H3,(H,38,41)/t22-,27?/m0/s1. The zero-order valence-corrected chi connectivity index (χ0v) is 27.2. The number of phenolic OH excluding ortho intramolecular Hbond substituents is 2. The number of fused-ring (bicyclic) bond motifs is 1. The van der Waals surface area contributed by atoms with Crippen LogP contribution in [0.2, 0.25) is 0 Å². The average Bonchev–Trinajstić information content (AvgIpc) is 3.05. The summed E-state index contributed by atoms with van der Waals surface area (Å²) in [5.41, 5.74) is 1.15. The molecule has 0 aliphatic carbocycles. The van der Waals surface area contributed by atoms with Crippen LogP contribution in [0.3, 0.4) is 0 Å². The van der Waals surface area contributed by atoms with E-state index in [-0.39, 0.29) is 41.2 Å². The van der Waals surface area contributed by atoms with Crippen LogP contribution < -0.4 is 19.5 Å². The molecule has 250 valence electrons. The van der Waals surface area contributed by atoms with Gasteiger partial charge in [0.25, 0.3) is 0 Å². The molecule has 0 saturated heterocycles. The summed E-state index contributed by atoms with van der Waals surface area (Å²) in [6.45, 7) is 1.89. The number of aromatic nitrogens is 1. The number of cyclic esters (lactones) is 1. The van der Waals surface area contributed by atoms with Gasteiger partial charge in [0, 0.05) is 36.9 Å². The van der Waals surface area contributed by atoms with Crippen molar-refractivity contribution >= 4 is 23.7 Å². The smallest absolute Gasteiger partial charge is 0.342 e. The van der Waals surface area contributed by atoms with Crippen molar-refractivity contribution in [1.82, 2.24) is 10.3 Å². The number of phenols is 2. The summed E-state index contributed by atoms with van der Waals surface area (Å²) in [5.74, 6) is -1.94. The van der Waals surface area contributed by atoms with Crippen LogP contribution in [-0.4, -0.2) is 60.3 Å². The molecule has 0 bridgehead atoms. The van der Waals surface area contributed by atoms with Gasteiger partial charge in [-0.25, -0.2) is 4.79 Å². The van der Waals surface area contributed by atoms with E-state index in [0.29, 0.717) is 67.0 Å². The quantitative estimate of drug-likeness (QED) is 0.242. The second-order valence-electron chi connectivity index (χ2n) is 11.4. The minimum atomic E-state index is -0.981. The zero-order chi connectivity index (χ0) is 33.9. The van der Waals surface area contributed by atoms with E-state index in [1.54, 1.807) is 49.5 Å². The van der Waals surface area contributed by atoms with Crippen LogP contribution in [-0.2, 0) is 20.9 Å². The van der Waals surface area contributed by atoms with Crippen molar-refractivity contribution < 1.29 is 43.5 Å². The number of hydrogen-bond donors (Lipinski definition) is 3. The third-order valence-corrected chi connectivity index (χ3v) is 8.07. The summed E-state index contributed by atoms with van der Waals surface area (Å²) >= 11 is 0. The molecule has 2 atom stereocenters. The summed E-state index contributed by atoms with van der Waals surface area (Å²) in [6, 6.07) is 10.00. The van der Waals surface area contributed by atoms with E-state index in [1.165, 1.54) is 27.4 Å². The molecule has 1 aliphatic heterocycles. The van der Waals surface area contributed by atoms with E-state index >= 15 is 0 Å². The van der Waals surface area contributed by atoms with Gasteiger partial charge in [0.15, 0.2) is 11.5 Å². The third kappa shape index (κ3) is 8.81. The Morgan fingerprint density at radius 2 is 1.77 bits per heavy atom. The predicted octanol–water partition coefficient (Wildman–Crippen LogP) is 5.84. The van der Waals surface area contributed by atoms with Crippen LogP contribution >= 0.6 is 0 Å². The van der Waals surface area contributed by atoms with Crippen molar-refractivity contribution in [2.45, 2.75) is 70.4 Å². The summed E-state index contributed by atoms with van der Waals surface area (Å²) in [4.78, 5) is 43.5. The van der Waals surface area contributed by atoms with E-state index in [1.807, 2.05) is 6.07 Å². The van der Waals surface area contributed by atoms with Crippen LogP contribution in [0.25, 0.3) is 6.08 Å². The summed E-state index contributed by atoms with van der Waals surface area (Å²) < 4.78 is 22.3. The lowest BCUT2D eigenvalue weighted by molar-refractivity contribution is -0.121. The molecular weight excluding hydrogens is 604 g/mol. The van der Waals surface area contributed by atoms with Gasteiger partial charge in [0.1, 0.15) is 22.8 Å². The van der Waals surface area contributed by atoms with Crippen LogP contribution in [0.4, 0.5) is 0 Å². The van der Waals surface area contributed by atoms with Crippen molar-refractivity contribution in [1.29, 1.82) is 0 Å². The Morgan fingerprint density at radius 1 is 1.04 bits per heavy atom. The Morgan fingerprint density at radius 3 is 2.43 bits per heavy atom. The number of nitrogens with one attached hydrogen (secondary N) is 1. The highest BCUT2D eigenvalue weighted by Gasteiger charge is 2.32. The summed E-state index contributed by atoms with van der Waals surface area (Å²) in [5, 5.41) is 26.2. The van der Waals surface area contributed by atoms with Crippen molar-refractivity contribution in [3.05, 3.63) is 76.6 Å². The first kappa shape index (κ1) is 34.8. The van der Waals surface area contributed by atoms with Crippen molar-refractivity contribution in [2.24, 2.45) is 0 Å². The average molecular weight is 647 g/mol. The number of amides is 1. The fourth-order valence-corrected chi connectivity index (χ4v) is 5.66. The lowest BCUT2D eigenvalue weighted by Gasteiger charge is -2.24. The van der Waals surface area contributed by atoms with Gasteiger partial charge in [0.05, 0.1) is 39.7 Å². The molecule has 2 heterocycles. The molecule has 47 heavy (non-hydrogen) atoms. The number of Topliss-reactive ketones (excluding diaryl/α,β-unsaturated/α-hetero) is 1. The number of allylic oxidation sites excluding steroid dienone is 1. The van der Waals surface area contributed by atoms with Gasteiger partial charge in [-0.1, -0.05) is 18.2 Å². The summed E-state index contributed by atoms with van der Waals surface area (Å²) in [7, 11) is 4.37. The first-order valence-electron chi connectivity index (χ1n) is 15.6. The number of benzene rings is 2. The molecule has 1 aromatic heterocycles. The number of ether oxygens (including phenoxy) is 4. The third-order valence-electron chi connectivity index (χ3n) is 8.07. The van der Waals surface area contributed by atoms with E-state index in [0.717, 1.165) is 0 Å². The molecule has 2 aromatic carbocycles. The topological polar surface area (TPSA) is 154 Å². The Balaban J connectivity index is 1.84. The van der Waals surface area contributed by atoms with Crippen molar-refractivity contribution in [3.63, 3.8) is 0 Å². The number of carbonyl (C=O) groups excluding carboxylic acids is 3. The molecule has 3 N–H and O–H groups in total. The van der Waals surface area contributed by atoms with Gasteiger partial charge in [-0.05, 0) is 74.1 Å². The van der Waals surface area contributed by atoms with Crippen molar-refractivity contribution in [3.8, 4) is 28.7 Å². The first-order valence-corrected chi connectivity index (χ1v) is 15.6. The van der Waals surface area contributed by atoms with Gasteiger partial charge < -0.3 is 34.5 Å². The fourth-order valence-electron chi connectivity index (χ4n) is 5.66. The highest BCUT2D eigenvalue weighted by atomic mass is 16.5. The minimum Gasteiger partial charge on any atom is -0.507 e. The van der Waals surface area contributed by atoms with Gasteiger partial charge in [-0.2, -0.15) is 0 Å². The predicted molar refractivity (Wildman–Crippen MR) is 175 cm³/mol. The number of nitrogens with zero attached hydrogens (tertiary/aromatic N) is 1. The highest BCUT2D eigenvalue weighted by molar-refractivity contribution is 5.98. The molecule has 3 aromatic rings. The minimum absolute atomic E-state index is 0.0456. The first-order chi connectivity index (χ1) is 22.7. The summed E-state index contributed by atoms with van der Waals surface area (Å²) in [6.07, 6.45) is 7.35. The van der Waals surface area contributed by atoms with Crippen LogP contribution in [0.5, 0.6) is 28.7 Å². The molecular formula is C36H42N2O9. The van der Waals surface area contributed by atoms with Gasteiger partial charge in [0.2, 0.25) is 11.7 Å². The number of pyridine rings is 1. The van der Waals surface area contributed by atoms with Gasteiger partial charge in [-0.3, -0.25) is 14.6 Å². The number of aromatic hydroxyl groups is 2. The lowest BCUT2D eigenvalue weighted by atomic mass is 9.84. The SMILES string of the molecule is COc1cc(C(CC(=O)NCc2ccccn2)c2c(O)cc3c(c2O)C(=O)O[C@@H](C)CCCC(=O)CCCC=C3)cc(OC)c1OC. The van der Waals surface area contributed by atoms with Crippen molar-refractivity contribution in [2.75, 3.05) is 21.3 Å². The Kier molecular flexibility index (Phi) is 12.2. The molecule has 1 amide bonds. The Labute approximate surface area is 274 Å². The molecule has 0 saturated carbocycles. The van der Waals surface area contributed by atoms with Gasteiger partial charge in [-0.15, -0.1) is 0 Å². The second kappa shape index (κ2) is 16.5. The van der Waals surface area contributed by atoms with E-state index < -0.39 is 29.6 Å². The number of ketones is 1. The lowest BCUT2D eigenvalue weighted by Crippen LogP contribution is -2.25. The number of rotatable bonds is 9. The molecule has 0 fully saturated rings. The van der Waals surface area contributed by atoms with E-state index in [2.05, 4.69) is 10.3 Å². The largest absolute Gasteiger partial charge is 0.507 e. The van der Waals surface area contributed by atoms with Crippen LogP contribution in [0.15, 0.2) is 48.7 Å². The Bertz CT molecular complexity index is 1580. The molecule has 0 spiro atoms. The molecule has 0 radical (unpaired) electrons. The molecule has 1 unspecified atom stereocenters. The molecule has 11 heteroatoms. The van der Waals surface area contributed by atoms with Crippen LogP contribution in [0.1, 0.15) is 90.5 Å². The number of hydrogen-bond acceptors (Lipinski definition) is 10. The number of carbonyl (C=O) groups is 3. The van der Waals surface area contributed by atoms with Gasteiger partial charge >= 0.3 is 5.97 Å². The number of methoxy groups -OCH3 is 3. The monoisotopic (exact) mass is 646 g/mol.